The lowest BCUT2D eigenvalue weighted by molar-refractivity contribution is 0.0211. The van der Waals surface area contributed by atoms with Gasteiger partial charge in [0.2, 0.25) is 0 Å². The number of rotatable bonds is 3. The minimum atomic E-state index is -3.88. The molecule has 1 aliphatic carbocycles. The maximum absolute atomic E-state index is 12.1. The fourth-order valence-electron chi connectivity index (χ4n) is 2.22. The first-order chi connectivity index (χ1) is 9.36. The van der Waals surface area contributed by atoms with Crippen LogP contribution in [0.2, 0.25) is 0 Å². The van der Waals surface area contributed by atoms with E-state index in [9.17, 15) is 13.2 Å². The molecule has 4 nitrogen and oxygen atoms in total. The van der Waals surface area contributed by atoms with Gasteiger partial charge in [0.05, 0.1) is 10.5 Å². The molecule has 0 aliphatic heterocycles. The highest BCUT2D eigenvalue weighted by Crippen LogP contribution is 2.25. The molecule has 0 N–H and O–H groups in total. The lowest BCUT2D eigenvalue weighted by Gasteiger charge is -2.21. The summed E-state index contributed by atoms with van der Waals surface area (Å²) in [6, 6.07) is 4.11. The van der Waals surface area contributed by atoms with Gasteiger partial charge in [-0.1, -0.05) is 22.4 Å². The molecule has 20 heavy (non-hydrogen) atoms. The molecule has 1 aromatic carbocycles. The molecule has 110 valence electrons. The Morgan fingerprint density at radius 1 is 1.20 bits per heavy atom. The summed E-state index contributed by atoms with van der Waals surface area (Å²) in [6.45, 7) is 0. The fraction of sp³-hybridized carbons (Fsp3) is 0.462. The molecule has 1 saturated carbocycles. The van der Waals surface area contributed by atoms with Gasteiger partial charge in [0.15, 0.2) is 0 Å². The summed E-state index contributed by atoms with van der Waals surface area (Å²) in [4.78, 5) is 11.9. The fourth-order valence-corrected chi connectivity index (χ4v) is 3.67. The van der Waals surface area contributed by atoms with E-state index in [4.69, 9.17) is 15.4 Å². The van der Waals surface area contributed by atoms with Crippen molar-refractivity contribution >= 4 is 41.6 Å². The summed E-state index contributed by atoms with van der Waals surface area (Å²) in [5, 5.41) is 0. The van der Waals surface area contributed by atoms with Crippen molar-refractivity contribution in [2.24, 2.45) is 0 Å². The van der Waals surface area contributed by atoms with Crippen LogP contribution < -0.4 is 0 Å². The van der Waals surface area contributed by atoms with Crippen LogP contribution in [-0.4, -0.2) is 20.5 Å². The molecule has 1 aliphatic rings. The molecule has 0 unspecified atom stereocenters. The highest BCUT2D eigenvalue weighted by atomic mass is 79.9. The second-order valence-corrected chi connectivity index (χ2v) is 8.26. The summed E-state index contributed by atoms with van der Waals surface area (Å²) >= 11 is 3.17. The average Bonchev–Trinajstić information content (AvgIpc) is 2.38. The Labute approximate surface area is 131 Å². The second-order valence-electron chi connectivity index (χ2n) is 4.78. The predicted octanol–water partition coefficient (Wildman–Crippen LogP) is 3.87. The predicted molar refractivity (Wildman–Crippen MR) is 79.5 cm³/mol. The van der Waals surface area contributed by atoms with Gasteiger partial charge in [-0.15, -0.1) is 0 Å². The van der Waals surface area contributed by atoms with Crippen LogP contribution in [0.4, 0.5) is 0 Å². The lowest BCUT2D eigenvalue weighted by Crippen LogP contribution is -2.21. The van der Waals surface area contributed by atoms with Gasteiger partial charge in [0.1, 0.15) is 6.10 Å². The maximum Gasteiger partial charge on any atom is 0.338 e. The van der Waals surface area contributed by atoms with Crippen LogP contribution in [-0.2, 0) is 13.8 Å². The number of ether oxygens (including phenoxy) is 1. The molecule has 2 rings (SSSR count). The summed E-state index contributed by atoms with van der Waals surface area (Å²) in [7, 11) is 1.42. The number of esters is 1. The molecule has 0 bridgehead atoms. The van der Waals surface area contributed by atoms with Gasteiger partial charge in [0, 0.05) is 15.2 Å². The average molecular weight is 382 g/mol. The normalized spacial score (nSPS) is 16.9. The van der Waals surface area contributed by atoms with Crippen LogP contribution in [0, 0.1) is 0 Å². The standard InChI is InChI=1S/C13H14BrClO4S/c14-10-6-9(7-12(8-10)20(15,17)18)13(16)19-11-4-2-1-3-5-11/h6-8,11H,1-5H2. The van der Waals surface area contributed by atoms with Crippen molar-refractivity contribution in [1.82, 2.24) is 0 Å². The molecule has 0 heterocycles. The monoisotopic (exact) mass is 380 g/mol. The summed E-state index contributed by atoms with van der Waals surface area (Å²) < 4.78 is 28.6. The van der Waals surface area contributed by atoms with Gasteiger partial charge in [-0.3, -0.25) is 0 Å². The van der Waals surface area contributed by atoms with E-state index in [2.05, 4.69) is 15.9 Å². The van der Waals surface area contributed by atoms with E-state index in [-0.39, 0.29) is 16.6 Å². The summed E-state index contributed by atoms with van der Waals surface area (Å²) in [6.07, 6.45) is 4.92. The van der Waals surface area contributed by atoms with Gasteiger partial charge in [-0.05, 0) is 43.9 Å². The maximum atomic E-state index is 12.1. The van der Waals surface area contributed by atoms with Gasteiger partial charge >= 0.3 is 5.97 Å². The first-order valence-electron chi connectivity index (χ1n) is 6.32. The highest BCUT2D eigenvalue weighted by Gasteiger charge is 2.21. The molecule has 0 atom stereocenters. The van der Waals surface area contributed by atoms with Crippen LogP contribution in [0.3, 0.4) is 0 Å². The van der Waals surface area contributed by atoms with E-state index in [0.717, 1.165) is 25.7 Å². The third kappa shape index (κ3) is 4.20. The minimum Gasteiger partial charge on any atom is -0.459 e. The van der Waals surface area contributed by atoms with Gasteiger partial charge in [0.25, 0.3) is 9.05 Å². The smallest absolute Gasteiger partial charge is 0.338 e. The minimum absolute atomic E-state index is 0.0775. The van der Waals surface area contributed by atoms with Gasteiger partial charge in [-0.25, -0.2) is 13.2 Å². The molecule has 1 fully saturated rings. The third-order valence-electron chi connectivity index (χ3n) is 3.21. The van der Waals surface area contributed by atoms with Crippen molar-refractivity contribution < 1.29 is 17.9 Å². The third-order valence-corrected chi connectivity index (χ3v) is 5.01. The van der Waals surface area contributed by atoms with Crippen LogP contribution in [0.5, 0.6) is 0 Å². The molecule has 0 aromatic heterocycles. The number of hydrogen-bond acceptors (Lipinski definition) is 4. The first kappa shape index (κ1) is 15.8. The van der Waals surface area contributed by atoms with E-state index < -0.39 is 15.0 Å². The van der Waals surface area contributed by atoms with Crippen LogP contribution in [0.25, 0.3) is 0 Å². The zero-order valence-corrected chi connectivity index (χ0v) is 13.8. The van der Waals surface area contributed by atoms with Crippen molar-refractivity contribution in [3.8, 4) is 0 Å². The number of hydrogen-bond donors (Lipinski definition) is 0. The van der Waals surface area contributed by atoms with E-state index in [1.807, 2.05) is 0 Å². The number of carbonyl (C=O) groups is 1. The van der Waals surface area contributed by atoms with Crippen molar-refractivity contribution in [2.75, 3.05) is 0 Å². The van der Waals surface area contributed by atoms with Crippen molar-refractivity contribution in [3.63, 3.8) is 0 Å². The Morgan fingerprint density at radius 3 is 2.45 bits per heavy atom. The molecule has 0 spiro atoms. The number of halogens is 2. The molecular weight excluding hydrogens is 368 g/mol. The number of carbonyl (C=O) groups excluding carboxylic acids is 1. The molecule has 0 amide bonds. The SMILES string of the molecule is O=C(OC1CCCCC1)c1cc(Br)cc(S(=O)(=O)Cl)c1. The van der Waals surface area contributed by atoms with E-state index in [0.29, 0.717) is 4.47 Å². The first-order valence-corrected chi connectivity index (χ1v) is 9.43. The Hall–Kier alpha value is -0.590. The van der Waals surface area contributed by atoms with E-state index in [1.165, 1.54) is 24.6 Å². The Morgan fingerprint density at radius 2 is 1.85 bits per heavy atom. The quantitative estimate of drug-likeness (QED) is 0.589. The summed E-state index contributed by atoms with van der Waals surface area (Å²) in [5.41, 5.74) is 0.184. The zero-order valence-electron chi connectivity index (χ0n) is 10.6. The molecule has 0 saturated heterocycles. The zero-order chi connectivity index (χ0) is 14.8. The lowest BCUT2D eigenvalue weighted by atomic mass is 9.98. The molecule has 1 aromatic rings. The highest BCUT2D eigenvalue weighted by molar-refractivity contribution is 9.10. The van der Waals surface area contributed by atoms with E-state index >= 15 is 0 Å². The molecular formula is C13H14BrClO4S. The van der Waals surface area contributed by atoms with Gasteiger partial charge < -0.3 is 4.74 Å². The Kier molecular flexibility index (Phi) is 5.09. The molecule has 7 heteroatoms. The second kappa shape index (κ2) is 6.45. The van der Waals surface area contributed by atoms with Crippen molar-refractivity contribution in [2.45, 2.75) is 43.1 Å². The van der Waals surface area contributed by atoms with Crippen molar-refractivity contribution in [3.05, 3.63) is 28.2 Å². The topological polar surface area (TPSA) is 60.4 Å². The molecule has 0 radical (unpaired) electrons. The van der Waals surface area contributed by atoms with Crippen LogP contribution in [0.1, 0.15) is 42.5 Å². The van der Waals surface area contributed by atoms with Crippen molar-refractivity contribution in [1.29, 1.82) is 0 Å². The largest absolute Gasteiger partial charge is 0.459 e. The number of benzene rings is 1. The summed E-state index contributed by atoms with van der Waals surface area (Å²) in [5.74, 6) is -0.514. The van der Waals surface area contributed by atoms with Crippen LogP contribution in [0.15, 0.2) is 27.6 Å². The Bertz CT molecular complexity index is 609. The van der Waals surface area contributed by atoms with Gasteiger partial charge in [-0.2, -0.15) is 0 Å². The Balaban J connectivity index is 2.19. The van der Waals surface area contributed by atoms with E-state index in [1.54, 1.807) is 0 Å². The van der Waals surface area contributed by atoms with Crippen LogP contribution >= 0.6 is 26.6 Å².